The Hall–Kier alpha value is -0.700. The van der Waals surface area contributed by atoms with Crippen LogP contribution >= 0.6 is 34.8 Å². The molecule has 0 saturated heterocycles. The van der Waals surface area contributed by atoms with E-state index < -0.39 is 3.79 Å². The summed E-state index contributed by atoms with van der Waals surface area (Å²) in [5.41, 5.74) is 2.09. The average molecular weight is 291 g/mol. The van der Waals surface area contributed by atoms with Crippen molar-refractivity contribution in [1.82, 2.24) is 4.98 Å². The lowest BCUT2D eigenvalue weighted by atomic mass is 10.1. The molecule has 0 spiro atoms. The van der Waals surface area contributed by atoms with Crippen molar-refractivity contribution in [3.63, 3.8) is 0 Å². The lowest BCUT2D eigenvalue weighted by Crippen LogP contribution is -2.05. The second-order valence-corrected chi connectivity index (χ2v) is 6.31. The quantitative estimate of drug-likeness (QED) is 0.758. The van der Waals surface area contributed by atoms with Crippen LogP contribution in [0.3, 0.4) is 0 Å². The third kappa shape index (κ3) is 3.63. The smallest absolute Gasteiger partial charge is 0.226 e. The Morgan fingerprint density at radius 2 is 1.82 bits per heavy atom. The SMILES string of the molecule is Cc1ccc(-c2ncc(CC(Cl)(Cl)Cl)o2)cc1. The lowest BCUT2D eigenvalue weighted by Gasteiger charge is -2.06. The summed E-state index contributed by atoms with van der Waals surface area (Å²) < 4.78 is 4.16. The molecule has 2 rings (SSSR count). The first kappa shape index (κ1) is 12.7. The van der Waals surface area contributed by atoms with Gasteiger partial charge in [0.05, 0.1) is 12.6 Å². The molecule has 1 aromatic carbocycles. The molecule has 0 saturated carbocycles. The fraction of sp³-hybridized carbons (Fsp3) is 0.250. The van der Waals surface area contributed by atoms with Gasteiger partial charge in [0.2, 0.25) is 5.89 Å². The molecule has 1 aromatic heterocycles. The molecule has 0 aliphatic rings. The first-order valence-corrected chi connectivity index (χ1v) is 6.16. The Balaban J connectivity index is 2.21. The van der Waals surface area contributed by atoms with Gasteiger partial charge >= 0.3 is 0 Å². The number of halogens is 3. The Bertz CT molecular complexity index is 499. The highest BCUT2D eigenvalue weighted by molar-refractivity contribution is 6.67. The largest absolute Gasteiger partial charge is 0.441 e. The predicted molar refractivity (Wildman–Crippen MR) is 70.7 cm³/mol. The van der Waals surface area contributed by atoms with Crippen LogP contribution in [0.1, 0.15) is 11.3 Å². The maximum Gasteiger partial charge on any atom is 0.226 e. The van der Waals surface area contributed by atoms with Gasteiger partial charge in [-0.1, -0.05) is 52.5 Å². The van der Waals surface area contributed by atoms with Crippen LogP contribution < -0.4 is 0 Å². The Kier molecular flexibility index (Phi) is 3.67. The molecule has 0 unspecified atom stereocenters. The molecule has 0 fully saturated rings. The summed E-state index contributed by atoms with van der Waals surface area (Å²) in [5, 5.41) is 0. The maximum atomic E-state index is 5.69. The number of oxazole rings is 1. The zero-order valence-electron chi connectivity index (χ0n) is 9.08. The summed E-state index contributed by atoms with van der Waals surface area (Å²) in [6, 6.07) is 7.88. The van der Waals surface area contributed by atoms with Crippen LogP contribution in [0, 0.1) is 6.92 Å². The Morgan fingerprint density at radius 3 is 2.41 bits per heavy atom. The molecule has 5 heteroatoms. The number of aromatic nitrogens is 1. The van der Waals surface area contributed by atoms with Crippen molar-refractivity contribution in [3.05, 3.63) is 41.8 Å². The molecular formula is C12H10Cl3NO. The van der Waals surface area contributed by atoms with Crippen LogP contribution in [-0.4, -0.2) is 8.78 Å². The van der Waals surface area contributed by atoms with Crippen molar-refractivity contribution in [3.8, 4) is 11.5 Å². The average Bonchev–Trinajstić information content (AvgIpc) is 2.64. The number of aryl methyl sites for hydroxylation is 1. The molecule has 1 heterocycles. The number of alkyl halides is 3. The van der Waals surface area contributed by atoms with Gasteiger partial charge in [0.1, 0.15) is 5.76 Å². The third-order valence-corrected chi connectivity index (χ3v) is 2.63. The summed E-state index contributed by atoms with van der Waals surface area (Å²) in [5.74, 6) is 1.09. The molecule has 17 heavy (non-hydrogen) atoms. The summed E-state index contributed by atoms with van der Waals surface area (Å²) in [6.07, 6.45) is 1.79. The molecule has 90 valence electrons. The normalized spacial score (nSPS) is 11.8. The van der Waals surface area contributed by atoms with E-state index in [1.54, 1.807) is 6.20 Å². The molecule has 0 atom stereocenters. The Labute approximate surface area is 115 Å². The van der Waals surface area contributed by atoms with Crippen molar-refractivity contribution in [2.75, 3.05) is 0 Å². The molecule has 0 N–H and O–H groups in total. The van der Waals surface area contributed by atoms with E-state index in [1.807, 2.05) is 31.2 Å². The molecule has 0 aliphatic carbocycles. The van der Waals surface area contributed by atoms with Crippen LogP contribution in [0.25, 0.3) is 11.5 Å². The first-order valence-electron chi connectivity index (χ1n) is 5.02. The van der Waals surface area contributed by atoms with Crippen molar-refractivity contribution >= 4 is 34.8 Å². The summed E-state index contributed by atoms with van der Waals surface area (Å²) in [6.45, 7) is 2.02. The minimum absolute atomic E-state index is 0.205. The standard InChI is InChI=1S/C12H10Cl3NO/c1-8-2-4-9(5-3-8)11-16-7-10(17-11)6-12(13,14)15/h2-5,7H,6H2,1H3. The molecule has 2 aromatic rings. The van der Waals surface area contributed by atoms with Crippen LogP contribution in [0.4, 0.5) is 0 Å². The van der Waals surface area contributed by atoms with E-state index in [-0.39, 0.29) is 6.42 Å². The van der Waals surface area contributed by atoms with E-state index in [1.165, 1.54) is 5.56 Å². The van der Waals surface area contributed by atoms with Crippen LogP contribution in [-0.2, 0) is 6.42 Å². The summed E-state index contributed by atoms with van der Waals surface area (Å²) in [7, 11) is 0. The van der Waals surface area contributed by atoms with Crippen LogP contribution in [0.2, 0.25) is 0 Å². The second-order valence-electron chi connectivity index (χ2n) is 3.79. The van der Waals surface area contributed by atoms with Gasteiger partial charge < -0.3 is 4.42 Å². The topological polar surface area (TPSA) is 26.0 Å². The highest BCUT2D eigenvalue weighted by Crippen LogP contribution is 2.31. The van der Waals surface area contributed by atoms with Crippen LogP contribution in [0.15, 0.2) is 34.9 Å². The maximum absolute atomic E-state index is 5.69. The molecule has 0 aliphatic heterocycles. The van der Waals surface area contributed by atoms with Crippen molar-refractivity contribution in [1.29, 1.82) is 0 Å². The highest BCUT2D eigenvalue weighted by Gasteiger charge is 2.22. The van der Waals surface area contributed by atoms with E-state index >= 15 is 0 Å². The zero-order chi connectivity index (χ0) is 12.5. The first-order chi connectivity index (χ1) is 7.94. The molecule has 0 radical (unpaired) electrons. The van der Waals surface area contributed by atoms with Gasteiger partial charge in [-0.25, -0.2) is 4.98 Å². The van der Waals surface area contributed by atoms with Gasteiger partial charge in [-0.15, -0.1) is 0 Å². The van der Waals surface area contributed by atoms with Gasteiger partial charge in [-0.2, -0.15) is 0 Å². The van der Waals surface area contributed by atoms with Crippen molar-refractivity contribution in [2.45, 2.75) is 17.1 Å². The highest BCUT2D eigenvalue weighted by atomic mass is 35.6. The van der Waals surface area contributed by atoms with Gasteiger partial charge in [-0.05, 0) is 19.1 Å². The minimum Gasteiger partial charge on any atom is -0.441 e. The van der Waals surface area contributed by atoms with Gasteiger partial charge in [0.15, 0.2) is 3.79 Å². The van der Waals surface area contributed by atoms with Crippen molar-refractivity contribution in [2.24, 2.45) is 0 Å². The monoisotopic (exact) mass is 289 g/mol. The third-order valence-electron chi connectivity index (χ3n) is 2.23. The van der Waals surface area contributed by atoms with Gasteiger partial charge in [-0.3, -0.25) is 0 Å². The number of benzene rings is 1. The van der Waals surface area contributed by atoms with Crippen molar-refractivity contribution < 1.29 is 4.42 Å². The molecular weight excluding hydrogens is 280 g/mol. The molecule has 2 nitrogen and oxygen atoms in total. The fourth-order valence-corrected chi connectivity index (χ4v) is 1.81. The number of hydrogen-bond donors (Lipinski definition) is 0. The zero-order valence-corrected chi connectivity index (χ0v) is 11.4. The second kappa shape index (κ2) is 4.89. The molecule has 0 amide bonds. The van der Waals surface area contributed by atoms with E-state index in [0.29, 0.717) is 11.7 Å². The van der Waals surface area contributed by atoms with Gasteiger partial charge in [0.25, 0.3) is 0 Å². The minimum atomic E-state index is -1.36. The van der Waals surface area contributed by atoms with Gasteiger partial charge in [0, 0.05) is 5.56 Å². The fourth-order valence-electron chi connectivity index (χ4n) is 1.42. The molecule has 0 bridgehead atoms. The Morgan fingerprint density at radius 1 is 1.18 bits per heavy atom. The predicted octanol–water partition coefficient (Wildman–Crippen LogP) is 4.56. The summed E-state index contributed by atoms with van der Waals surface area (Å²) in [4.78, 5) is 4.16. The van der Waals surface area contributed by atoms with E-state index in [9.17, 15) is 0 Å². The number of hydrogen-bond acceptors (Lipinski definition) is 2. The number of rotatable bonds is 2. The summed E-state index contributed by atoms with van der Waals surface area (Å²) >= 11 is 17.1. The van der Waals surface area contributed by atoms with Crippen LogP contribution in [0.5, 0.6) is 0 Å². The van der Waals surface area contributed by atoms with E-state index in [0.717, 1.165) is 5.56 Å². The lowest BCUT2D eigenvalue weighted by molar-refractivity contribution is 0.519. The number of nitrogens with zero attached hydrogens (tertiary/aromatic N) is 1. The van der Waals surface area contributed by atoms with E-state index in [4.69, 9.17) is 39.2 Å². The van der Waals surface area contributed by atoms with E-state index in [2.05, 4.69) is 4.98 Å².